The van der Waals surface area contributed by atoms with Crippen LogP contribution in [0.25, 0.3) is 0 Å². The highest BCUT2D eigenvalue weighted by atomic mass is 16.6. The average Bonchev–Trinajstić information content (AvgIpc) is 2.33. The van der Waals surface area contributed by atoms with Gasteiger partial charge in [-0.05, 0) is 40.5 Å². The zero-order valence-electron chi connectivity index (χ0n) is 14.5. The number of hydrogen-bond donors (Lipinski definition) is 2. The van der Waals surface area contributed by atoms with Gasteiger partial charge in [0.2, 0.25) is 5.91 Å². The third kappa shape index (κ3) is 6.32. The fourth-order valence-electron chi connectivity index (χ4n) is 1.88. The fourth-order valence-corrected chi connectivity index (χ4v) is 1.88. The quantitative estimate of drug-likeness (QED) is 0.779. The minimum Gasteiger partial charge on any atom is -0.480 e. The molecular weight excluding hydrogens is 288 g/mol. The topological polar surface area (TPSA) is 95.9 Å². The van der Waals surface area contributed by atoms with E-state index in [0.717, 1.165) is 0 Å². The standard InChI is InChI=1S/C15H28N2O5/c1-8-17(10(4)13(19)20)12(18)11(9(2)3)16-14(21)22-15(5,6)7/h9-11H,8H2,1-7H3,(H,16,21)(H,19,20). The molecule has 0 spiro atoms. The highest BCUT2D eigenvalue weighted by molar-refractivity contribution is 5.89. The first kappa shape index (κ1) is 20.2. The molecule has 0 saturated carbocycles. The van der Waals surface area contributed by atoms with Crippen LogP contribution in [-0.2, 0) is 14.3 Å². The number of aliphatic carboxylic acids is 1. The Hall–Kier alpha value is -1.79. The molecule has 0 saturated heterocycles. The summed E-state index contributed by atoms with van der Waals surface area (Å²) < 4.78 is 5.15. The molecule has 0 bridgehead atoms. The van der Waals surface area contributed by atoms with E-state index in [-0.39, 0.29) is 12.5 Å². The number of carboxylic acid groups (broad SMARTS) is 1. The number of alkyl carbamates (subject to hydrolysis) is 1. The Labute approximate surface area is 132 Å². The zero-order valence-corrected chi connectivity index (χ0v) is 14.5. The molecule has 0 aliphatic rings. The van der Waals surface area contributed by atoms with E-state index in [1.807, 2.05) is 0 Å². The molecule has 0 aliphatic carbocycles. The van der Waals surface area contributed by atoms with Gasteiger partial charge in [0.25, 0.3) is 0 Å². The second-order valence-electron chi connectivity index (χ2n) is 6.51. The molecule has 22 heavy (non-hydrogen) atoms. The molecule has 0 rings (SSSR count). The molecule has 2 amide bonds. The van der Waals surface area contributed by atoms with Crippen LogP contribution >= 0.6 is 0 Å². The Morgan fingerprint density at radius 3 is 2.00 bits per heavy atom. The van der Waals surface area contributed by atoms with Gasteiger partial charge in [0.1, 0.15) is 17.7 Å². The first-order chi connectivity index (χ1) is 9.90. The van der Waals surface area contributed by atoms with Crippen LogP contribution in [0.15, 0.2) is 0 Å². The normalized spacial score (nSPS) is 14.2. The first-order valence-electron chi connectivity index (χ1n) is 7.43. The molecule has 2 atom stereocenters. The Morgan fingerprint density at radius 2 is 1.68 bits per heavy atom. The molecule has 0 aliphatic heterocycles. The van der Waals surface area contributed by atoms with Gasteiger partial charge < -0.3 is 20.1 Å². The summed E-state index contributed by atoms with van der Waals surface area (Å²) >= 11 is 0. The van der Waals surface area contributed by atoms with Crippen molar-refractivity contribution in [2.24, 2.45) is 5.92 Å². The SMILES string of the molecule is CCN(C(=O)C(NC(=O)OC(C)(C)C)C(C)C)C(C)C(=O)O. The second-order valence-corrected chi connectivity index (χ2v) is 6.51. The van der Waals surface area contributed by atoms with E-state index in [0.29, 0.717) is 0 Å². The summed E-state index contributed by atoms with van der Waals surface area (Å²) in [6.45, 7) is 12.1. The highest BCUT2D eigenvalue weighted by Gasteiger charge is 2.33. The molecule has 0 aromatic heterocycles. The summed E-state index contributed by atoms with van der Waals surface area (Å²) in [6.07, 6.45) is -0.696. The van der Waals surface area contributed by atoms with E-state index in [9.17, 15) is 14.4 Å². The van der Waals surface area contributed by atoms with Crippen molar-refractivity contribution in [3.63, 3.8) is 0 Å². The summed E-state index contributed by atoms with van der Waals surface area (Å²) in [6, 6.07) is -1.80. The van der Waals surface area contributed by atoms with E-state index in [2.05, 4.69) is 5.32 Å². The maximum Gasteiger partial charge on any atom is 0.408 e. The number of carbonyl (C=O) groups excluding carboxylic acids is 2. The van der Waals surface area contributed by atoms with Crippen LogP contribution in [0.1, 0.15) is 48.5 Å². The first-order valence-corrected chi connectivity index (χ1v) is 7.43. The molecule has 0 aromatic rings. The molecule has 2 N–H and O–H groups in total. The predicted octanol–water partition coefficient (Wildman–Crippen LogP) is 1.86. The largest absolute Gasteiger partial charge is 0.480 e. The van der Waals surface area contributed by atoms with Crippen LogP contribution in [0.5, 0.6) is 0 Å². The van der Waals surface area contributed by atoms with Crippen LogP contribution in [0.4, 0.5) is 4.79 Å². The Morgan fingerprint density at radius 1 is 1.18 bits per heavy atom. The monoisotopic (exact) mass is 316 g/mol. The fraction of sp³-hybridized carbons (Fsp3) is 0.800. The summed E-state index contributed by atoms with van der Waals surface area (Å²) in [5.74, 6) is -1.72. The van der Waals surface area contributed by atoms with Gasteiger partial charge in [-0.1, -0.05) is 13.8 Å². The van der Waals surface area contributed by atoms with Gasteiger partial charge in [0, 0.05) is 6.54 Å². The van der Waals surface area contributed by atoms with Gasteiger partial charge in [-0.2, -0.15) is 0 Å². The molecule has 0 fully saturated rings. The smallest absolute Gasteiger partial charge is 0.408 e. The molecule has 0 radical (unpaired) electrons. The van der Waals surface area contributed by atoms with Crippen molar-refractivity contribution in [3.05, 3.63) is 0 Å². The molecule has 128 valence electrons. The third-order valence-electron chi connectivity index (χ3n) is 3.05. The van der Waals surface area contributed by atoms with E-state index in [4.69, 9.17) is 9.84 Å². The van der Waals surface area contributed by atoms with E-state index >= 15 is 0 Å². The minimum absolute atomic E-state index is 0.199. The molecular formula is C15H28N2O5. The lowest BCUT2D eigenvalue weighted by Gasteiger charge is -2.32. The van der Waals surface area contributed by atoms with Gasteiger partial charge in [-0.15, -0.1) is 0 Å². The summed E-state index contributed by atoms with van der Waals surface area (Å²) in [5, 5.41) is 11.6. The summed E-state index contributed by atoms with van der Waals surface area (Å²) in [7, 11) is 0. The molecule has 7 nitrogen and oxygen atoms in total. The van der Waals surface area contributed by atoms with Crippen molar-refractivity contribution in [3.8, 4) is 0 Å². The summed E-state index contributed by atoms with van der Waals surface area (Å²) in [5.41, 5.74) is -0.673. The van der Waals surface area contributed by atoms with Crippen molar-refractivity contribution in [1.29, 1.82) is 0 Å². The number of carbonyl (C=O) groups is 3. The van der Waals surface area contributed by atoms with E-state index < -0.39 is 35.7 Å². The van der Waals surface area contributed by atoms with Crippen LogP contribution < -0.4 is 5.32 Å². The van der Waals surface area contributed by atoms with Crippen LogP contribution in [-0.4, -0.2) is 52.2 Å². The van der Waals surface area contributed by atoms with Crippen molar-refractivity contribution in [1.82, 2.24) is 10.2 Å². The number of amides is 2. The number of ether oxygens (including phenoxy) is 1. The van der Waals surface area contributed by atoms with Gasteiger partial charge in [-0.3, -0.25) is 4.79 Å². The van der Waals surface area contributed by atoms with Gasteiger partial charge in [0.05, 0.1) is 0 Å². The van der Waals surface area contributed by atoms with Crippen molar-refractivity contribution in [2.75, 3.05) is 6.54 Å². The maximum absolute atomic E-state index is 12.6. The van der Waals surface area contributed by atoms with Crippen LogP contribution in [0.2, 0.25) is 0 Å². The van der Waals surface area contributed by atoms with E-state index in [1.54, 1.807) is 41.5 Å². The number of hydrogen-bond acceptors (Lipinski definition) is 4. The van der Waals surface area contributed by atoms with Gasteiger partial charge >= 0.3 is 12.1 Å². The average molecular weight is 316 g/mol. The molecule has 2 unspecified atom stereocenters. The molecule has 7 heteroatoms. The second kappa shape index (κ2) is 8.00. The van der Waals surface area contributed by atoms with Gasteiger partial charge in [0.15, 0.2) is 0 Å². The number of rotatable bonds is 6. The number of likely N-dealkylation sites (N-methyl/N-ethyl adjacent to an activating group) is 1. The molecule has 0 heterocycles. The Kier molecular flexibility index (Phi) is 7.35. The van der Waals surface area contributed by atoms with Gasteiger partial charge in [-0.25, -0.2) is 9.59 Å². The lowest BCUT2D eigenvalue weighted by molar-refractivity contribution is -0.150. The maximum atomic E-state index is 12.6. The van der Waals surface area contributed by atoms with Crippen molar-refractivity contribution < 1.29 is 24.2 Å². The number of nitrogens with zero attached hydrogens (tertiary/aromatic N) is 1. The zero-order chi connectivity index (χ0) is 17.7. The predicted molar refractivity (Wildman–Crippen MR) is 82.5 cm³/mol. The Bertz CT molecular complexity index is 415. The summed E-state index contributed by atoms with van der Waals surface area (Å²) in [4.78, 5) is 36.8. The lowest BCUT2D eigenvalue weighted by Crippen LogP contribution is -2.55. The number of nitrogens with one attached hydrogen (secondary N) is 1. The third-order valence-corrected chi connectivity index (χ3v) is 3.05. The number of carboxylic acids is 1. The molecule has 0 aromatic carbocycles. The van der Waals surface area contributed by atoms with Crippen LogP contribution in [0, 0.1) is 5.92 Å². The minimum atomic E-state index is -1.09. The lowest BCUT2D eigenvalue weighted by atomic mass is 10.0. The highest BCUT2D eigenvalue weighted by Crippen LogP contribution is 2.12. The van der Waals surface area contributed by atoms with E-state index in [1.165, 1.54) is 11.8 Å². The Balaban J connectivity index is 5.12. The van der Waals surface area contributed by atoms with Crippen molar-refractivity contribution >= 4 is 18.0 Å². The van der Waals surface area contributed by atoms with Crippen LogP contribution in [0.3, 0.4) is 0 Å². The van der Waals surface area contributed by atoms with Crippen molar-refractivity contribution in [2.45, 2.75) is 66.2 Å².